The molecule has 0 amide bonds. The Morgan fingerprint density at radius 2 is 2.12 bits per heavy atom. The Bertz CT molecular complexity index is 347. The summed E-state index contributed by atoms with van der Waals surface area (Å²) in [7, 11) is 0. The van der Waals surface area contributed by atoms with E-state index in [-0.39, 0.29) is 6.10 Å². The van der Waals surface area contributed by atoms with Gasteiger partial charge in [-0.25, -0.2) is 0 Å². The first-order valence-electron chi connectivity index (χ1n) is 6.71. The smallest absolute Gasteiger partial charge is 0.0951 e. The summed E-state index contributed by atoms with van der Waals surface area (Å²) in [6.07, 6.45) is 3.94. The van der Waals surface area contributed by atoms with Crippen LogP contribution in [-0.2, 0) is 4.74 Å². The summed E-state index contributed by atoms with van der Waals surface area (Å²) in [4.78, 5) is 0. The molecule has 1 unspecified atom stereocenters. The molecule has 0 heterocycles. The van der Waals surface area contributed by atoms with Crippen LogP contribution in [0.4, 0.5) is 0 Å². The zero-order valence-electron chi connectivity index (χ0n) is 10.9. The third-order valence-electron chi connectivity index (χ3n) is 3.23. The summed E-state index contributed by atoms with van der Waals surface area (Å²) in [6.45, 7) is 6.10. The van der Waals surface area contributed by atoms with Gasteiger partial charge in [-0.2, -0.15) is 0 Å². The van der Waals surface area contributed by atoms with Crippen molar-refractivity contribution in [3.05, 3.63) is 35.4 Å². The molecule has 1 aromatic carbocycles. The molecule has 1 aliphatic rings. The zero-order chi connectivity index (χ0) is 12.1. The Balaban J connectivity index is 1.99. The van der Waals surface area contributed by atoms with Gasteiger partial charge in [0.25, 0.3) is 0 Å². The number of ether oxygens (including phenoxy) is 1. The van der Waals surface area contributed by atoms with E-state index in [2.05, 4.69) is 43.4 Å². The number of hydrogen-bond donors (Lipinski definition) is 1. The van der Waals surface area contributed by atoms with E-state index in [4.69, 9.17) is 4.74 Å². The summed E-state index contributed by atoms with van der Waals surface area (Å²) in [5.74, 6) is 0. The van der Waals surface area contributed by atoms with Crippen molar-refractivity contribution in [1.29, 1.82) is 0 Å². The van der Waals surface area contributed by atoms with Gasteiger partial charge in [-0.15, -0.1) is 0 Å². The SMILES string of the molecule is CCCOC(CNC1CC1)c1ccccc1C. The monoisotopic (exact) mass is 233 g/mol. The molecular formula is C15H23NO. The van der Waals surface area contributed by atoms with E-state index in [0.717, 1.165) is 25.6 Å². The van der Waals surface area contributed by atoms with E-state index in [1.165, 1.54) is 24.0 Å². The topological polar surface area (TPSA) is 21.3 Å². The summed E-state index contributed by atoms with van der Waals surface area (Å²) in [6, 6.07) is 9.27. The molecular weight excluding hydrogens is 210 g/mol. The Morgan fingerprint density at radius 3 is 2.76 bits per heavy atom. The first-order valence-corrected chi connectivity index (χ1v) is 6.71. The van der Waals surface area contributed by atoms with Crippen LogP contribution in [0.3, 0.4) is 0 Å². The number of benzene rings is 1. The van der Waals surface area contributed by atoms with E-state index in [1.54, 1.807) is 0 Å². The Morgan fingerprint density at radius 1 is 1.35 bits per heavy atom. The van der Waals surface area contributed by atoms with Crippen LogP contribution in [0, 0.1) is 6.92 Å². The van der Waals surface area contributed by atoms with Gasteiger partial charge in [0.1, 0.15) is 0 Å². The van der Waals surface area contributed by atoms with Crippen molar-refractivity contribution in [2.45, 2.75) is 45.3 Å². The van der Waals surface area contributed by atoms with Gasteiger partial charge in [0.2, 0.25) is 0 Å². The second-order valence-electron chi connectivity index (χ2n) is 4.90. The first-order chi connectivity index (χ1) is 8.31. The number of hydrogen-bond acceptors (Lipinski definition) is 2. The average Bonchev–Trinajstić information content (AvgIpc) is 3.15. The van der Waals surface area contributed by atoms with Gasteiger partial charge in [0, 0.05) is 19.2 Å². The molecule has 2 rings (SSSR count). The van der Waals surface area contributed by atoms with Gasteiger partial charge < -0.3 is 10.1 Å². The molecule has 2 heteroatoms. The minimum Gasteiger partial charge on any atom is -0.372 e. The third kappa shape index (κ3) is 3.83. The lowest BCUT2D eigenvalue weighted by molar-refractivity contribution is 0.0523. The van der Waals surface area contributed by atoms with Crippen LogP contribution in [0.1, 0.15) is 43.4 Å². The largest absolute Gasteiger partial charge is 0.372 e. The highest BCUT2D eigenvalue weighted by Gasteiger charge is 2.23. The van der Waals surface area contributed by atoms with Gasteiger partial charge >= 0.3 is 0 Å². The second kappa shape index (κ2) is 6.18. The summed E-state index contributed by atoms with van der Waals surface area (Å²) < 4.78 is 5.97. The summed E-state index contributed by atoms with van der Waals surface area (Å²) in [5.41, 5.74) is 2.65. The Labute approximate surface area is 104 Å². The number of nitrogens with one attached hydrogen (secondary N) is 1. The third-order valence-corrected chi connectivity index (χ3v) is 3.23. The maximum atomic E-state index is 5.97. The average molecular weight is 233 g/mol. The van der Waals surface area contributed by atoms with Crippen LogP contribution in [0.2, 0.25) is 0 Å². The predicted molar refractivity (Wildman–Crippen MR) is 71.2 cm³/mol. The lowest BCUT2D eigenvalue weighted by atomic mass is 10.0. The summed E-state index contributed by atoms with van der Waals surface area (Å²) in [5, 5.41) is 3.57. The molecule has 1 N–H and O–H groups in total. The van der Waals surface area contributed by atoms with Crippen LogP contribution in [-0.4, -0.2) is 19.2 Å². The molecule has 0 aromatic heterocycles. The van der Waals surface area contributed by atoms with Crippen LogP contribution in [0.15, 0.2) is 24.3 Å². The normalized spacial score (nSPS) is 17.1. The number of rotatable bonds is 7. The van der Waals surface area contributed by atoms with Gasteiger partial charge in [-0.05, 0) is 37.3 Å². The van der Waals surface area contributed by atoms with Crippen LogP contribution >= 0.6 is 0 Å². The Kier molecular flexibility index (Phi) is 4.57. The van der Waals surface area contributed by atoms with Gasteiger partial charge in [-0.3, -0.25) is 0 Å². The molecule has 1 aliphatic carbocycles. The summed E-state index contributed by atoms with van der Waals surface area (Å²) >= 11 is 0. The first kappa shape index (κ1) is 12.6. The van der Waals surface area contributed by atoms with Crippen molar-refractivity contribution in [2.24, 2.45) is 0 Å². The number of aryl methyl sites for hydroxylation is 1. The van der Waals surface area contributed by atoms with Gasteiger partial charge in [0.05, 0.1) is 6.10 Å². The van der Waals surface area contributed by atoms with Crippen LogP contribution in [0.25, 0.3) is 0 Å². The van der Waals surface area contributed by atoms with Crippen molar-refractivity contribution in [3.63, 3.8) is 0 Å². The molecule has 94 valence electrons. The molecule has 0 bridgehead atoms. The highest BCUT2D eigenvalue weighted by atomic mass is 16.5. The fourth-order valence-electron chi connectivity index (χ4n) is 2.03. The molecule has 0 saturated heterocycles. The maximum Gasteiger partial charge on any atom is 0.0951 e. The molecule has 1 atom stereocenters. The molecule has 0 spiro atoms. The fraction of sp³-hybridized carbons (Fsp3) is 0.600. The van der Waals surface area contributed by atoms with Crippen molar-refractivity contribution in [3.8, 4) is 0 Å². The minimum absolute atomic E-state index is 0.205. The van der Waals surface area contributed by atoms with Gasteiger partial charge in [-0.1, -0.05) is 31.2 Å². The van der Waals surface area contributed by atoms with Crippen molar-refractivity contribution < 1.29 is 4.74 Å². The predicted octanol–water partition coefficient (Wildman–Crippen LogP) is 3.21. The quantitative estimate of drug-likeness (QED) is 0.781. The van der Waals surface area contributed by atoms with E-state index in [1.807, 2.05) is 0 Å². The molecule has 17 heavy (non-hydrogen) atoms. The standard InChI is InChI=1S/C15H23NO/c1-3-10-17-15(11-16-13-8-9-13)14-7-5-4-6-12(14)2/h4-7,13,15-16H,3,8-11H2,1-2H3. The minimum atomic E-state index is 0.205. The highest BCUT2D eigenvalue weighted by Crippen LogP contribution is 2.24. The van der Waals surface area contributed by atoms with Gasteiger partial charge in [0.15, 0.2) is 0 Å². The molecule has 0 radical (unpaired) electrons. The van der Waals surface area contributed by atoms with Crippen molar-refractivity contribution >= 4 is 0 Å². The maximum absolute atomic E-state index is 5.97. The van der Waals surface area contributed by atoms with E-state index in [9.17, 15) is 0 Å². The van der Waals surface area contributed by atoms with E-state index < -0.39 is 0 Å². The Hall–Kier alpha value is -0.860. The van der Waals surface area contributed by atoms with E-state index >= 15 is 0 Å². The molecule has 1 fully saturated rings. The highest BCUT2D eigenvalue weighted by molar-refractivity contribution is 5.28. The van der Waals surface area contributed by atoms with E-state index in [0.29, 0.717) is 0 Å². The van der Waals surface area contributed by atoms with Crippen molar-refractivity contribution in [1.82, 2.24) is 5.32 Å². The van der Waals surface area contributed by atoms with Crippen LogP contribution in [0.5, 0.6) is 0 Å². The van der Waals surface area contributed by atoms with Crippen molar-refractivity contribution in [2.75, 3.05) is 13.2 Å². The molecule has 1 saturated carbocycles. The molecule has 2 nitrogen and oxygen atoms in total. The second-order valence-corrected chi connectivity index (χ2v) is 4.90. The molecule has 0 aliphatic heterocycles. The van der Waals surface area contributed by atoms with Crippen LogP contribution < -0.4 is 5.32 Å². The lowest BCUT2D eigenvalue weighted by Crippen LogP contribution is -2.25. The fourth-order valence-corrected chi connectivity index (χ4v) is 2.03. The lowest BCUT2D eigenvalue weighted by Gasteiger charge is -2.20. The molecule has 1 aromatic rings. The zero-order valence-corrected chi connectivity index (χ0v) is 10.9.